The summed E-state index contributed by atoms with van der Waals surface area (Å²) >= 11 is 0. The predicted molar refractivity (Wildman–Crippen MR) is 128 cm³/mol. The predicted octanol–water partition coefficient (Wildman–Crippen LogP) is 5.49. The van der Waals surface area contributed by atoms with Gasteiger partial charge >= 0.3 is 5.97 Å². The number of nitrogens with zero attached hydrogens (tertiary/aromatic N) is 1. The number of allylic oxidation sites excluding steroid dienone is 1. The lowest BCUT2D eigenvalue weighted by Crippen LogP contribution is -2.47. The number of esters is 1. The molecule has 5 heteroatoms. The fourth-order valence-electron chi connectivity index (χ4n) is 6.64. The number of hydrogen-bond acceptors (Lipinski definition) is 4. The fourth-order valence-corrected chi connectivity index (χ4v) is 6.64. The van der Waals surface area contributed by atoms with Crippen LogP contribution in [0.1, 0.15) is 45.2 Å². The molecule has 3 aliphatic rings. The Morgan fingerprint density at radius 3 is 2.82 bits per heavy atom. The van der Waals surface area contributed by atoms with E-state index < -0.39 is 0 Å². The molecular formula is C28H33FN2O2. The molecule has 2 heterocycles. The first-order valence-electron chi connectivity index (χ1n) is 12.4. The van der Waals surface area contributed by atoms with Crippen LogP contribution in [0.15, 0.2) is 48.7 Å². The van der Waals surface area contributed by atoms with Crippen molar-refractivity contribution in [3.63, 3.8) is 0 Å². The van der Waals surface area contributed by atoms with E-state index in [-0.39, 0.29) is 29.7 Å². The third-order valence-corrected chi connectivity index (χ3v) is 8.07. The molecule has 3 fully saturated rings. The van der Waals surface area contributed by atoms with Crippen LogP contribution in [0.4, 0.5) is 4.39 Å². The summed E-state index contributed by atoms with van der Waals surface area (Å²) in [5.74, 6) is 1.47. The Bertz CT molecular complexity index is 1020. The first-order chi connectivity index (χ1) is 16.0. The SMILES string of the molecule is CCNC1CC[C@@H]2C(C1)CC1C(=O)OC(C)C1C2/C=C/c1ccc(-c2cccc(F)c2)cn1. The lowest BCUT2D eigenvalue weighted by molar-refractivity contribution is -0.144. The largest absolute Gasteiger partial charge is 0.462 e. The molecule has 33 heavy (non-hydrogen) atoms. The van der Waals surface area contributed by atoms with E-state index in [1.165, 1.54) is 25.0 Å². The molecular weight excluding hydrogens is 415 g/mol. The van der Waals surface area contributed by atoms with Crippen LogP contribution in [0.2, 0.25) is 0 Å². The lowest BCUT2D eigenvalue weighted by Gasteiger charge is -2.47. The van der Waals surface area contributed by atoms with E-state index in [1.54, 1.807) is 12.3 Å². The normalized spacial score (nSPS) is 33.5. The number of nitrogens with one attached hydrogen (secondary N) is 1. The molecule has 6 unspecified atom stereocenters. The smallest absolute Gasteiger partial charge is 0.309 e. The first-order valence-corrected chi connectivity index (χ1v) is 12.4. The summed E-state index contributed by atoms with van der Waals surface area (Å²) in [5.41, 5.74) is 2.60. The zero-order valence-electron chi connectivity index (χ0n) is 19.4. The van der Waals surface area contributed by atoms with Gasteiger partial charge in [0.15, 0.2) is 0 Å². The zero-order chi connectivity index (χ0) is 22.9. The van der Waals surface area contributed by atoms with Gasteiger partial charge in [-0.2, -0.15) is 0 Å². The van der Waals surface area contributed by atoms with Crippen molar-refractivity contribution in [3.8, 4) is 11.1 Å². The van der Waals surface area contributed by atoms with Gasteiger partial charge in [-0.05, 0) is 86.7 Å². The van der Waals surface area contributed by atoms with Crippen molar-refractivity contribution >= 4 is 12.0 Å². The molecule has 4 nitrogen and oxygen atoms in total. The van der Waals surface area contributed by atoms with Gasteiger partial charge < -0.3 is 10.1 Å². The molecule has 1 aromatic heterocycles. The van der Waals surface area contributed by atoms with Crippen molar-refractivity contribution in [2.24, 2.45) is 29.6 Å². The quantitative estimate of drug-likeness (QED) is 0.615. The highest BCUT2D eigenvalue weighted by Gasteiger charge is 2.54. The Kier molecular flexibility index (Phi) is 6.33. The monoisotopic (exact) mass is 448 g/mol. The van der Waals surface area contributed by atoms with E-state index >= 15 is 0 Å². The average Bonchev–Trinajstić information content (AvgIpc) is 3.10. The van der Waals surface area contributed by atoms with Crippen LogP contribution >= 0.6 is 0 Å². The van der Waals surface area contributed by atoms with Crippen molar-refractivity contribution in [2.75, 3.05) is 6.54 Å². The minimum atomic E-state index is -0.246. The van der Waals surface area contributed by atoms with Gasteiger partial charge in [-0.3, -0.25) is 9.78 Å². The second kappa shape index (κ2) is 9.38. The Balaban J connectivity index is 1.37. The van der Waals surface area contributed by atoms with Crippen LogP contribution in [0.25, 0.3) is 17.2 Å². The topological polar surface area (TPSA) is 51.2 Å². The number of pyridine rings is 1. The van der Waals surface area contributed by atoms with Crippen molar-refractivity contribution < 1.29 is 13.9 Å². The summed E-state index contributed by atoms with van der Waals surface area (Å²) in [6.45, 7) is 5.21. The molecule has 0 bridgehead atoms. The van der Waals surface area contributed by atoms with Gasteiger partial charge in [0.25, 0.3) is 0 Å². The summed E-state index contributed by atoms with van der Waals surface area (Å²) in [6.07, 6.45) is 10.7. The maximum atomic E-state index is 13.6. The van der Waals surface area contributed by atoms with E-state index in [1.807, 2.05) is 18.2 Å². The average molecular weight is 449 g/mol. The molecule has 1 aliphatic heterocycles. The van der Waals surface area contributed by atoms with Crippen LogP contribution in [0.5, 0.6) is 0 Å². The third-order valence-electron chi connectivity index (χ3n) is 8.07. The van der Waals surface area contributed by atoms with Crippen molar-refractivity contribution in [2.45, 2.75) is 51.7 Å². The van der Waals surface area contributed by atoms with Crippen LogP contribution in [-0.4, -0.2) is 29.6 Å². The summed E-state index contributed by atoms with van der Waals surface area (Å²) < 4.78 is 19.3. The summed E-state index contributed by atoms with van der Waals surface area (Å²) in [7, 11) is 0. The number of halogens is 1. The van der Waals surface area contributed by atoms with Crippen LogP contribution in [0.3, 0.4) is 0 Å². The molecule has 2 saturated carbocycles. The number of ether oxygens (including phenoxy) is 1. The number of carbonyl (C=O) groups is 1. The molecule has 5 rings (SSSR count). The van der Waals surface area contributed by atoms with Crippen molar-refractivity contribution in [3.05, 3.63) is 60.2 Å². The van der Waals surface area contributed by atoms with Gasteiger partial charge in [0.2, 0.25) is 0 Å². The van der Waals surface area contributed by atoms with E-state index in [0.29, 0.717) is 23.8 Å². The van der Waals surface area contributed by atoms with E-state index in [0.717, 1.165) is 36.2 Å². The Morgan fingerprint density at radius 2 is 2.06 bits per heavy atom. The molecule has 0 radical (unpaired) electrons. The lowest BCUT2D eigenvalue weighted by atomic mass is 9.57. The van der Waals surface area contributed by atoms with E-state index in [2.05, 4.69) is 36.3 Å². The standard InChI is InChI=1S/C28H33FN2O2/c1-3-30-23-10-11-24-20(14-23)15-26-27(17(2)33-28(26)32)25(24)12-9-22-8-7-19(16-31-22)18-5-4-6-21(29)13-18/h4-9,12-13,16-17,20,23-27,30H,3,10-11,14-15H2,1-2H3/b12-9+/t17?,20?,23?,24-,25?,26?,27?/m1/s1. The fraction of sp³-hybridized carbons (Fsp3) is 0.500. The Labute approximate surface area is 195 Å². The summed E-state index contributed by atoms with van der Waals surface area (Å²) in [4.78, 5) is 17.2. The number of cyclic esters (lactones) is 1. The van der Waals surface area contributed by atoms with Gasteiger partial charge in [-0.25, -0.2) is 4.39 Å². The maximum Gasteiger partial charge on any atom is 0.309 e. The maximum absolute atomic E-state index is 13.6. The molecule has 1 aromatic carbocycles. The molecule has 0 amide bonds. The van der Waals surface area contributed by atoms with Crippen LogP contribution in [0, 0.1) is 35.4 Å². The molecule has 1 N–H and O–H groups in total. The summed E-state index contributed by atoms with van der Waals surface area (Å²) in [5, 5.41) is 3.62. The Morgan fingerprint density at radius 1 is 1.18 bits per heavy atom. The van der Waals surface area contributed by atoms with Gasteiger partial charge in [0, 0.05) is 23.7 Å². The second-order valence-corrected chi connectivity index (χ2v) is 9.97. The van der Waals surface area contributed by atoms with Crippen molar-refractivity contribution in [1.82, 2.24) is 10.3 Å². The highest BCUT2D eigenvalue weighted by Crippen LogP contribution is 2.53. The molecule has 7 atom stereocenters. The van der Waals surface area contributed by atoms with E-state index in [4.69, 9.17) is 4.74 Å². The second-order valence-electron chi connectivity index (χ2n) is 9.97. The molecule has 1 saturated heterocycles. The van der Waals surface area contributed by atoms with Gasteiger partial charge in [-0.1, -0.05) is 31.2 Å². The third kappa shape index (κ3) is 4.48. The summed E-state index contributed by atoms with van der Waals surface area (Å²) in [6, 6.07) is 11.1. The molecule has 2 aliphatic carbocycles. The number of hydrogen-bond donors (Lipinski definition) is 1. The minimum Gasteiger partial charge on any atom is -0.462 e. The molecule has 0 spiro atoms. The number of rotatable bonds is 5. The number of fused-ring (bicyclic) bond motifs is 2. The number of aromatic nitrogens is 1. The highest BCUT2D eigenvalue weighted by atomic mass is 19.1. The first kappa shape index (κ1) is 22.3. The molecule has 2 aromatic rings. The van der Waals surface area contributed by atoms with Gasteiger partial charge in [-0.15, -0.1) is 0 Å². The highest BCUT2D eigenvalue weighted by molar-refractivity contribution is 5.75. The van der Waals surface area contributed by atoms with Gasteiger partial charge in [0.05, 0.1) is 11.6 Å². The zero-order valence-corrected chi connectivity index (χ0v) is 19.4. The van der Waals surface area contributed by atoms with E-state index in [9.17, 15) is 9.18 Å². The van der Waals surface area contributed by atoms with Crippen molar-refractivity contribution in [1.29, 1.82) is 0 Å². The minimum absolute atomic E-state index is 0.00695. The Hall–Kier alpha value is -2.53. The van der Waals surface area contributed by atoms with Crippen LogP contribution < -0.4 is 5.32 Å². The van der Waals surface area contributed by atoms with Crippen LogP contribution in [-0.2, 0) is 9.53 Å². The number of benzene rings is 1. The number of carbonyl (C=O) groups excluding carboxylic acids is 1. The molecule has 174 valence electrons. The van der Waals surface area contributed by atoms with Gasteiger partial charge in [0.1, 0.15) is 11.9 Å².